The molecule has 0 aromatic heterocycles. The lowest BCUT2D eigenvalue weighted by Crippen LogP contribution is -2.04. The Labute approximate surface area is 86.0 Å². The van der Waals surface area contributed by atoms with Crippen molar-refractivity contribution < 1.29 is 9.53 Å². The van der Waals surface area contributed by atoms with Crippen LogP contribution in [-0.2, 0) is 4.74 Å². The van der Waals surface area contributed by atoms with E-state index < -0.39 is 0 Å². The molecule has 0 aliphatic rings. The summed E-state index contributed by atoms with van der Waals surface area (Å²) in [4.78, 5) is 11.3. The zero-order valence-corrected chi connectivity index (χ0v) is 9.44. The highest BCUT2D eigenvalue weighted by Gasteiger charge is 2.11. The Bertz CT molecular complexity index is 345. The Morgan fingerprint density at radius 2 is 1.92 bits per heavy atom. The fraction of sp³-hybridized carbons (Fsp3) is 0.300. The van der Waals surface area contributed by atoms with E-state index in [0.29, 0.717) is 5.56 Å². The van der Waals surface area contributed by atoms with E-state index in [2.05, 4.69) is 20.7 Å². The van der Waals surface area contributed by atoms with Gasteiger partial charge in [0.15, 0.2) is 0 Å². The zero-order valence-electron chi connectivity index (χ0n) is 7.85. The van der Waals surface area contributed by atoms with Crippen molar-refractivity contribution in [2.24, 2.45) is 0 Å². The summed E-state index contributed by atoms with van der Waals surface area (Å²) in [5.74, 6) is -0.284. The van der Waals surface area contributed by atoms with Gasteiger partial charge in [0.2, 0.25) is 0 Å². The molecule has 0 unspecified atom stereocenters. The van der Waals surface area contributed by atoms with E-state index in [4.69, 9.17) is 0 Å². The molecule has 2 nitrogen and oxygen atoms in total. The van der Waals surface area contributed by atoms with Gasteiger partial charge in [-0.25, -0.2) is 4.79 Å². The first kappa shape index (κ1) is 10.3. The summed E-state index contributed by atoms with van der Waals surface area (Å²) >= 11 is 3.40. The lowest BCUT2D eigenvalue weighted by molar-refractivity contribution is 0.0600. The van der Waals surface area contributed by atoms with Gasteiger partial charge in [-0.15, -0.1) is 0 Å². The molecule has 1 rings (SSSR count). The fourth-order valence-corrected chi connectivity index (χ4v) is 1.55. The minimum atomic E-state index is -0.284. The molecule has 13 heavy (non-hydrogen) atoms. The van der Waals surface area contributed by atoms with Crippen molar-refractivity contribution in [1.29, 1.82) is 0 Å². The average Bonchev–Trinajstić information content (AvgIpc) is 2.13. The van der Waals surface area contributed by atoms with E-state index in [0.717, 1.165) is 15.6 Å². The first-order chi connectivity index (χ1) is 6.07. The molecule has 70 valence electrons. The van der Waals surface area contributed by atoms with Crippen molar-refractivity contribution in [3.8, 4) is 0 Å². The van der Waals surface area contributed by atoms with Crippen LogP contribution in [0.4, 0.5) is 0 Å². The lowest BCUT2D eigenvalue weighted by atomic mass is 10.0. The van der Waals surface area contributed by atoms with E-state index in [1.54, 1.807) is 6.07 Å². The predicted octanol–water partition coefficient (Wildman–Crippen LogP) is 2.85. The maximum Gasteiger partial charge on any atom is 0.338 e. The predicted molar refractivity (Wildman–Crippen MR) is 55.0 cm³/mol. The Balaban J connectivity index is 3.26. The van der Waals surface area contributed by atoms with Crippen LogP contribution in [0, 0.1) is 13.8 Å². The van der Waals surface area contributed by atoms with Crippen molar-refractivity contribution in [3.63, 3.8) is 0 Å². The van der Waals surface area contributed by atoms with Crippen LogP contribution in [0.25, 0.3) is 0 Å². The van der Waals surface area contributed by atoms with Gasteiger partial charge in [-0.2, -0.15) is 0 Å². The minimum Gasteiger partial charge on any atom is -0.465 e. The molecule has 0 fully saturated rings. The normalized spacial score (nSPS) is 9.85. The summed E-state index contributed by atoms with van der Waals surface area (Å²) in [5, 5.41) is 0. The number of rotatable bonds is 1. The van der Waals surface area contributed by atoms with E-state index in [1.165, 1.54) is 7.11 Å². The highest BCUT2D eigenvalue weighted by atomic mass is 79.9. The molecule has 0 amide bonds. The van der Waals surface area contributed by atoms with E-state index in [-0.39, 0.29) is 5.97 Å². The summed E-state index contributed by atoms with van der Waals surface area (Å²) in [5.41, 5.74) is 2.66. The van der Waals surface area contributed by atoms with Crippen molar-refractivity contribution in [1.82, 2.24) is 0 Å². The summed E-state index contributed by atoms with van der Waals surface area (Å²) in [6.07, 6.45) is 0. The second-order valence-electron chi connectivity index (χ2n) is 2.84. The first-order valence-corrected chi connectivity index (χ1v) is 4.71. The molecule has 1 aromatic rings. The van der Waals surface area contributed by atoms with Gasteiger partial charge in [-0.05, 0) is 37.1 Å². The SMILES string of the molecule is COC(=O)c1ccc(Br)c(C)c1C. The van der Waals surface area contributed by atoms with Crippen LogP contribution in [-0.4, -0.2) is 13.1 Å². The number of esters is 1. The largest absolute Gasteiger partial charge is 0.465 e. The highest BCUT2D eigenvalue weighted by molar-refractivity contribution is 9.10. The molecule has 0 spiro atoms. The number of benzene rings is 1. The number of halogens is 1. The number of ether oxygens (including phenoxy) is 1. The van der Waals surface area contributed by atoms with Gasteiger partial charge < -0.3 is 4.74 Å². The second-order valence-corrected chi connectivity index (χ2v) is 3.69. The number of carbonyl (C=O) groups is 1. The van der Waals surface area contributed by atoms with Crippen LogP contribution < -0.4 is 0 Å². The van der Waals surface area contributed by atoms with E-state index >= 15 is 0 Å². The van der Waals surface area contributed by atoms with Gasteiger partial charge in [-0.1, -0.05) is 15.9 Å². The van der Waals surface area contributed by atoms with Crippen LogP contribution >= 0.6 is 15.9 Å². The van der Waals surface area contributed by atoms with Crippen LogP contribution in [0.15, 0.2) is 16.6 Å². The van der Waals surface area contributed by atoms with Gasteiger partial charge in [0.1, 0.15) is 0 Å². The Morgan fingerprint density at radius 1 is 1.31 bits per heavy atom. The third kappa shape index (κ3) is 1.91. The average molecular weight is 243 g/mol. The van der Waals surface area contributed by atoms with Crippen LogP contribution in [0.5, 0.6) is 0 Å². The molecule has 0 atom stereocenters. The van der Waals surface area contributed by atoms with Crippen LogP contribution in [0.1, 0.15) is 21.5 Å². The lowest BCUT2D eigenvalue weighted by Gasteiger charge is -2.07. The molecule has 0 radical (unpaired) electrons. The molecule has 0 aliphatic carbocycles. The first-order valence-electron chi connectivity index (χ1n) is 3.92. The molecule has 0 aliphatic heterocycles. The molecule has 3 heteroatoms. The molecule has 0 N–H and O–H groups in total. The summed E-state index contributed by atoms with van der Waals surface area (Å²) in [6, 6.07) is 3.62. The number of hydrogen-bond acceptors (Lipinski definition) is 2. The summed E-state index contributed by atoms with van der Waals surface area (Å²) in [7, 11) is 1.39. The molecular formula is C10H11BrO2. The van der Waals surface area contributed by atoms with Gasteiger partial charge in [-0.3, -0.25) is 0 Å². The maximum absolute atomic E-state index is 11.3. The van der Waals surface area contributed by atoms with Gasteiger partial charge >= 0.3 is 5.97 Å². The number of methoxy groups -OCH3 is 1. The molecule has 0 heterocycles. The number of hydrogen-bond donors (Lipinski definition) is 0. The Morgan fingerprint density at radius 3 is 2.46 bits per heavy atom. The third-order valence-electron chi connectivity index (χ3n) is 2.13. The fourth-order valence-electron chi connectivity index (χ4n) is 1.12. The maximum atomic E-state index is 11.3. The second kappa shape index (κ2) is 3.92. The van der Waals surface area contributed by atoms with Gasteiger partial charge in [0.05, 0.1) is 12.7 Å². The molecule has 0 bridgehead atoms. The smallest absolute Gasteiger partial charge is 0.338 e. The Hall–Kier alpha value is -0.830. The highest BCUT2D eigenvalue weighted by Crippen LogP contribution is 2.22. The summed E-state index contributed by atoms with van der Waals surface area (Å²) in [6.45, 7) is 3.87. The van der Waals surface area contributed by atoms with E-state index in [9.17, 15) is 4.79 Å². The van der Waals surface area contributed by atoms with Crippen LogP contribution in [0.2, 0.25) is 0 Å². The Kier molecular flexibility index (Phi) is 3.09. The van der Waals surface area contributed by atoms with E-state index in [1.807, 2.05) is 19.9 Å². The van der Waals surface area contributed by atoms with Crippen LogP contribution in [0.3, 0.4) is 0 Å². The standard InChI is InChI=1S/C10H11BrO2/c1-6-7(2)9(11)5-4-8(6)10(12)13-3/h4-5H,1-3H3. The quantitative estimate of drug-likeness (QED) is 0.709. The summed E-state index contributed by atoms with van der Waals surface area (Å²) < 4.78 is 5.67. The molecule has 1 aromatic carbocycles. The molecular weight excluding hydrogens is 232 g/mol. The zero-order chi connectivity index (χ0) is 10.0. The minimum absolute atomic E-state index is 0.284. The van der Waals surface area contributed by atoms with Gasteiger partial charge in [0.25, 0.3) is 0 Å². The van der Waals surface area contributed by atoms with Crippen molar-refractivity contribution >= 4 is 21.9 Å². The van der Waals surface area contributed by atoms with Crippen molar-refractivity contribution in [3.05, 3.63) is 33.3 Å². The topological polar surface area (TPSA) is 26.3 Å². The molecule has 0 saturated heterocycles. The third-order valence-corrected chi connectivity index (χ3v) is 2.99. The number of carbonyl (C=O) groups excluding carboxylic acids is 1. The van der Waals surface area contributed by atoms with Gasteiger partial charge in [0, 0.05) is 4.47 Å². The molecule has 0 saturated carbocycles. The van der Waals surface area contributed by atoms with Crippen molar-refractivity contribution in [2.45, 2.75) is 13.8 Å². The van der Waals surface area contributed by atoms with Crippen molar-refractivity contribution in [2.75, 3.05) is 7.11 Å². The monoisotopic (exact) mass is 242 g/mol.